The quantitative estimate of drug-likeness (QED) is 0.202. The molecule has 0 saturated carbocycles. The Bertz CT molecular complexity index is 1510. The zero-order valence-electron chi connectivity index (χ0n) is 18.5. The van der Waals surface area contributed by atoms with Crippen molar-refractivity contribution in [2.45, 2.75) is 6.92 Å². The van der Waals surface area contributed by atoms with Gasteiger partial charge in [0.25, 0.3) is 5.91 Å². The fourth-order valence-corrected chi connectivity index (χ4v) is 3.36. The number of fused-ring (bicyclic) bond motifs is 1. The average Bonchev–Trinajstić information content (AvgIpc) is 2.86. The molecule has 6 nitrogen and oxygen atoms in total. The van der Waals surface area contributed by atoms with Crippen molar-refractivity contribution < 1.29 is 40.6 Å². The van der Waals surface area contributed by atoms with E-state index in [4.69, 9.17) is 9.15 Å². The fourth-order valence-electron chi connectivity index (χ4n) is 3.36. The van der Waals surface area contributed by atoms with E-state index in [0.717, 1.165) is 0 Å². The molecule has 0 aliphatic carbocycles. The van der Waals surface area contributed by atoms with Crippen LogP contribution in [0.25, 0.3) is 22.3 Å². The van der Waals surface area contributed by atoms with Gasteiger partial charge >= 0.3 is 0 Å². The van der Waals surface area contributed by atoms with Crippen LogP contribution in [-0.4, -0.2) is 19.1 Å². The van der Waals surface area contributed by atoms with E-state index in [2.05, 4.69) is 10.1 Å². The summed E-state index contributed by atoms with van der Waals surface area (Å²) in [5.74, 6) is -13.0. The van der Waals surface area contributed by atoms with Gasteiger partial charge in [0.2, 0.25) is 29.1 Å². The van der Waals surface area contributed by atoms with Gasteiger partial charge in [0.1, 0.15) is 17.1 Å². The number of anilines is 1. The summed E-state index contributed by atoms with van der Waals surface area (Å²) in [5, 5.41) is 2.55. The first-order chi connectivity index (χ1) is 17.2. The minimum absolute atomic E-state index is 0.113. The maximum Gasteiger partial charge on any atom is 0.262 e. The Morgan fingerprint density at radius 1 is 0.889 bits per heavy atom. The van der Waals surface area contributed by atoms with Gasteiger partial charge in [-0.05, 0) is 31.2 Å². The largest absolute Gasteiger partial charge is 0.493 e. The zero-order chi connectivity index (χ0) is 26.0. The molecule has 1 amide bonds. The molecule has 186 valence electrons. The Labute approximate surface area is 199 Å². The number of halogens is 5. The number of amides is 1. The lowest BCUT2D eigenvalue weighted by molar-refractivity contribution is -0.118. The first-order valence-electron chi connectivity index (χ1n) is 10.5. The number of rotatable bonds is 7. The highest BCUT2D eigenvalue weighted by molar-refractivity contribution is 5.94. The molecule has 0 aliphatic rings. The van der Waals surface area contributed by atoms with Gasteiger partial charge in [-0.2, -0.15) is 8.78 Å². The molecule has 3 aromatic carbocycles. The van der Waals surface area contributed by atoms with Crippen molar-refractivity contribution in [1.29, 1.82) is 0 Å². The lowest BCUT2D eigenvalue weighted by Gasteiger charge is -2.11. The van der Waals surface area contributed by atoms with E-state index in [1.165, 1.54) is 24.3 Å². The summed E-state index contributed by atoms with van der Waals surface area (Å²) in [7, 11) is 0. The van der Waals surface area contributed by atoms with Gasteiger partial charge < -0.3 is 19.2 Å². The van der Waals surface area contributed by atoms with Gasteiger partial charge in [-0.3, -0.25) is 9.59 Å². The van der Waals surface area contributed by atoms with E-state index in [-0.39, 0.29) is 27.8 Å². The van der Waals surface area contributed by atoms with Gasteiger partial charge in [-0.1, -0.05) is 12.1 Å². The number of hydrogen-bond acceptors (Lipinski definition) is 5. The normalized spacial score (nSPS) is 10.9. The van der Waals surface area contributed by atoms with Crippen LogP contribution in [-0.2, 0) is 4.79 Å². The maximum absolute atomic E-state index is 13.7. The summed E-state index contributed by atoms with van der Waals surface area (Å²) < 4.78 is 83.1. The van der Waals surface area contributed by atoms with Gasteiger partial charge in [0, 0.05) is 17.8 Å². The van der Waals surface area contributed by atoms with E-state index in [9.17, 15) is 31.5 Å². The maximum atomic E-state index is 13.7. The molecule has 1 heterocycles. The van der Waals surface area contributed by atoms with E-state index in [1.54, 1.807) is 31.2 Å². The lowest BCUT2D eigenvalue weighted by Crippen LogP contribution is -2.21. The van der Waals surface area contributed by atoms with E-state index >= 15 is 0 Å². The molecule has 0 radical (unpaired) electrons. The predicted molar refractivity (Wildman–Crippen MR) is 119 cm³/mol. The van der Waals surface area contributed by atoms with Gasteiger partial charge in [-0.15, -0.1) is 0 Å². The molecule has 4 rings (SSSR count). The minimum atomic E-state index is -2.34. The van der Waals surface area contributed by atoms with E-state index < -0.39 is 47.3 Å². The third-order valence-corrected chi connectivity index (χ3v) is 4.98. The molecule has 11 heteroatoms. The van der Waals surface area contributed by atoms with Crippen LogP contribution in [0.2, 0.25) is 0 Å². The number of hydrogen-bond donors (Lipinski definition) is 1. The van der Waals surface area contributed by atoms with E-state index in [1.807, 2.05) is 0 Å². The number of nitrogens with one attached hydrogen (secondary N) is 1. The lowest BCUT2D eigenvalue weighted by atomic mass is 10.1. The van der Waals surface area contributed by atoms with Crippen molar-refractivity contribution in [3.8, 4) is 22.8 Å². The third-order valence-electron chi connectivity index (χ3n) is 4.98. The standard InChI is InChI=1S/C25H16F5NO5/c1-2-34-16-6-4-3-5-14(16)18-10-15(32)13-8-7-12(9-17(13)36-18)31-19(33)11-35-25-23(29)21(27)20(26)22(28)24(25)30/h3-10H,2,11H2,1H3,(H,31,33). The number of para-hydroxylation sites is 1. The zero-order valence-corrected chi connectivity index (χ0v) is 18.5. The molecule has 0 bridgehead atoms. The predicted octanol–water partition coefficient (Wildman–Crippen LogP) is 5.57. The van der Waals surface area contributed by atoms with Crippen LogP contribution < -0.4 is 20.2 Å². The molecule has 0 aliphatic heterocycles. The highest BCUT2D eigenvalue weighted by Gasteiger charge is 2.27. The van der Waals surface area contributed by atoms with Crippen molar-refractivity contribution in [3.63, 3.8) is 0 Å². The topological polar surface area (TPSA) is 77.8 Å². The second kappa shape index (κ2) is 10.1. The van der Waals surface area contributed by atoms with Crippen LogP contribution in [0.5, 0.6) is 11.5 Å². The molecular formula is C25H16F5NO5. The second-order valence-corrected chi connectivity index (χ2v) is 7.35. The highest BCUT2D eigenvalue weighted by atomic mass is 19.2. The summed E-state index contributed by atoms with van der Waals surface area (Å²) in [6.07, 6.45) is 0. The van der Waals surface area contributed by atoms with Crippen LogP contribution in [0.3, 0.4) is 0 Å². The fraction of sp³-hybridized carbons (Fsp3) is 0.120. The Morgan fingerprint density at radius 2 is 1.56 bits per heavy atom. The summed E-state index contributed by atoms with van der Waals surface area (Å²) >= 11 is 0. The summed E-state index contributed by atoms with van der Waals surface area (Å²) in [4.78, 5) is 24.8. The Balaban J connectivity index is 1.57. The van der Waals surface area contributed by atoms with Gasteiger partial charge in [0.15, 0.2) is 17.8 Å². The molecule has 1 N–H and O–H groups in total. The molecule has 0 spiro atoms. The van der Waals surface area contributed by atoms with Gasteiger partial charge in [-0.25, -0.2) is 13.2 Å². The van der Waals surface area contributed by atoms with Crippen LogP contribution in [0, 0.1) is 29.1 Å². The Morgan fingerprint density at radius 3 is 2.25 bits per heavy atom. The van der Waals surface area contributed by atoms with Gasteiger partial charge in [0.05, 0.1) is 17.6 Å². The van der Waals surface area contributed by atoms with Crippen molar-refractivity contribution in [1.82, 2.24) is 0 Å². The summed E-state index contributed by atoms with van der Waals surface area (Å²) in [5.41, 5.74) is 0.406. The minimum Gasteiger partial charge on any atom is -0.493 e. The number of ether oxygens (including phenoxy) is 2. The van der Waals surface area contributed by atoms with Crippen molar-refractivity contribution >= 4 is 22.6 Å². The SMILES string of the molecule is CCOc1ccccc1-c1cc(=O)c2ccc(NC(=O)COc3c(F)c(F)c(F)c(F)c3F)cc2o1. The molecule has 4 aromatic rings. The van der Waals surface area contributed by atoms with Crippen LogP contribution in [0.1, 0.15) is 6.92 Å². The Hall–Kier alpha value is -4.41. The van der Waals surface area contributed by atoms with Crippen LogP contribution in [0.4, 0.5) is 27.6 Å². The molecular weight excluding hydrogens is 489 g/mol. The average molecular weight is 505 g/mol. The third kappa shape index (κ3) is 4.72. The van der Waals surface area contributed by atoms with E-state index in [0.29, 0.717) is 17.9 Å². The number of carbonyl (C=O) groups excluding carboxylic acids is 1. The van der Waals surface area contributed by atoms with Crippen molar-refractivity contribution in [3.05, 3.63) is 87.8 Å². The first kappa shape index (κ1) is 24.7. The van der Waals surface area contributed by atoms with Crippen LogP contribution >= 0.6 is 0 Å². The van der Waals surface area contributed by atoms with Crippen LogP contribution in [0.15, 0.2) is 57.7 Å². The highest BCUT2D eigenvalue weighted by Crippen LogP contribution is 2.32. The van der Waals surface area contributed by atoms with Crippen molar-refractivity contribution in [2.24, 2.45) is 0 Å². The number of carbonyl (C=O) groups is 1. The summed E-state index contributed by atoms with van der Waals surface area (Å²) in [6, 6.07) is 12.3. The Kier molecular flexibility index (Phi) is 6.91. The molecule has 0 saturated heterocycles. The summed E-state index contributed by atoms with van der Waals surface area (Å²) in [6.45, 7) is 1.12. The molecule has 0 atom stereocenters. The molecule has 1 aromatic heterocycles. The molecule has 0 fully saturated rings. The first-order valence-corrected chi connectivity index (χ1v) is 10.5. The molecule has 0 unspecified atom stereocenters. The van der Waals surface area contributed by atoms with Crippen molar-refractivity contribution in [2.75, 3.05) is 18.5 Å². The monoisotopic (exact) mass is 505 g/mol. The number of benzene rings is 3. The molecule has 36 heavy (non-hydrogen) atoms. The second-order valence-electron chi connectivity index (χ2n) is 7.35. The smallest absolute Gasteiger partial charge is 0.262 e.